The van der Waals surface area contributed by atoms with Crippen molar-refractivity contribution in [2.24, 2.45) is 0 Å². The number of thiazole rings is 1. The molecule has 3 aromatic rings. The van der Waals surface area contributed by atoms with Crippen LogP contribution in [0.5, 0.6) is 5.75 Å². The van der Waals surface area contributed by atoms with Crippen LogP contribution in [0.4, 0.5) is 10.5 Å². The highest BCUT2D eigenvalue weighted by molar-refractivity contribution is 7.09. The lowest BCUT2D eigenvalue weighted by atomic mass is 9.90. The number of benzene rings is 2. The Bertz CT molecular complexity index is 1070. The summed E-state index contributed by atoms with van der Waals surface area (Å²) in [5.74, 6) is 0.441. The van der Waals surface area contributed by atoms with Crippen LogP contribution in [0, 0.1) is 0 Å². The number of halogens is 1. The van der Waals surface area contributed by atoms with E-state index in [-0.39, 0.29) is 30.6 Å². The van der Waals surface area contributed by atoms with E-state index >= 15 is 0 Å². The van der Waals surface area contributed by atoms with Crippen molar-refractivity contribution in [3.8, 4) is 5.75 Å². The summed E-state index contributed by atoms with van der Waals surface area (Å²) in [4.78, 5) is 29.6. The van der Waals surface area contributed by atoms with E-state index in [9.17, 15) is 9.59 Å². The highest BCUT2D eigenvalue weighted by Crippen LogP contribution is 2.21. The topological polar surface area (TPSA) is 92.4 Å². The molecule has 7 nitrogen and oxygen atoms in total. The maximum absolute atomic E-state index is 12.8. The van der Waals surface area contributed by atoms with Crippen molar-refractivity contribution in [2.45, 2.75) is 44.4 Å². The maximum Gasteiger partial charge on any atom is 0.319 e. The smallest absolute Gasteiger partial charge is 0.319 e. The molecule has 0 spiro atoms. The number of amides is 3. The van der Waals surface area contributed by atoms with Gasteiger partial charge in [-0.15, -0.1) is 11.3 Å². The monoisotopic (exact) mass is 484 g/mol. The molecule has 1 aliphatic rings. The molecule has 3 amide bonds. The molecule has 9 heteroatoms. The van der Waals surface area contributed by atoms with Crippen molar-refractivity contribution < 1.29 is 14.3 Å². The molecule has 0 unspecified atom stereocenters. The first kappa shape index (κ1) is 23.1. The van der Waals surface area contributed by atoms with Crippen LogP contribution in [-0.4, -0.2) is 29.0 Å². The van der Waals surface area contributed by atoms with Gasteiger partial charge in [-0.25, -0.2) is 9.78 Å². The lowest BCUT2D eigenvalue weighted by Gasteiger charge is -2.32. The summed E-state index contributed by atoms with van der Waals surface area (Å²) in [6, 6.07) is 15.8. The Balaban J connectivity index is 1.30. The average molecular weight is 485 g/mol. The molecule has 0 radical (unpaired) electrons. The van der Waals surface area contributed by atoms with E-state index < -0.39 is 0 Å². The van der Waals surface area contributed by atoms with Crippen molar-refractivity contribution in [3.05, 3.63) is 75.7 Å². The number of rotatable bonds is 7. The first-order valence-corrected chi connectivity index (χ1v) is 12.1. The summed E-state index contributed by atoms with van der Waals surface area (Å²) in [6.45, 7) is 0.271. The number of hydrogen-bond donors (Lipinski definition) is 3. The number of carbonyl (C=O) groups is 2. The summed E-state index contributed by atoms with van der Waals surface area (Å²) in [5.41, 5.74) is 1.08. The molecule has 0 bridgehead atoms. The lowest BCUT2D eigenvalue weighted by Crippen LogP contribution is -2.54. The van der Waals surface area contributed by atoms with Gasteiger partial charge in [0, 0.05) is 22.1 Å². The van der Waals surface area contributed by atoms with Gasteiger partial charge in [0.2, 0.25) is 0 Å². The zero-order valence-corrected chi connectivity index (χ0v) is 19.5. The van der Waals surface area contributed by atoms with Crippen LogP contribution in [0.25, 0.3) is 0 Å². The summed E-state index contributed by atoms with van der Waals surface area (Å²) < 4.78 is 5.70. The third-order valence-corrected chi connectivity index (χ3v) is 6.47. The molecular formula is C24H25ClN4O3S. The predicted molar refractivity (Wildman–Crippen MR) is 130 cm³/mol. The van der Waals surface area contributed by atoms with Crippen LogP contribution < -0.4 is 20.7 Å². The molecule has 1 heterocycles. The predicted octanol–water partition coefficient (Wildman–Crippen LogP) is 5.24. The zero-order valence-electron chi connectivity index (χ0n) is 17.9. The molecular weight excluding hydrogens is 460 g/mol. The van der Waals surface area contributed by atoms with E-state index in [4.69, 9.17) is 16.3 Å². The molecule has 1 saturated carbocycles. The Labute approximate surface area is 201 Å². The second-order valence-corrected chi connectivity index (χ2v) is 9.18. The number of para-hydroxylation sites is 1. The molecule has 1 aromatic heterocycles. The quantitative estimate of drug-likeness (QED) is 0.427. The molecule has 4 rings (SSSR count). The van der Waals surface area contributed by atoms with E-state index in [1.807, 2.05) is 30.3 Å². The fourth-order valence-corrected chi connectivity index (χ4v) is 4.54. The second-order valence-electron chi connectivity index (χ2n) is 7.80. The third-order valence-electron chi connectivity index (χ3n) is 5.39. The second kappa shape index (κ2) is 11.2. The Hall–Kier alpha value is -3.10. The summed E-state index contributed by atoms with van der Waals surface area (Å²) in [7, 11) is 0. The van der Waals surface area contributed by atoms with Crippen LogP contribution in [0.15, 0.2) is 60.0 Å². The summed E-state index contributed by atoms with van der Waals surface area (Å²) in [6.07, 6.45) is 3.62. The van der Waals surface area contributed by atoms with Crippen molar-refractivity contribution in [2.75, 3.05) is 5.32 Å². The fourth-order valence-electron chi connectivity index (χ4n) is 3.73. The molecule has 2 aromatic carbocycles. The fraction of sp³-hybridized carbons (Fsp3) is 0.292. The Morgan fingerprint density at radius 1 is 1.00 bits per heavy atom. The van der Waals surface area contributed by atoms with E-state index in [0.717, 1.165) is 31.4 Å². The highest BCUT2D eigenvalue weighted by atomic mass is 35.5. The Morgan fingerprint density at radius 3 is 2.42 bits per heavy atom. The van der Waals surface area contributed by atoms with Crippen molar-refractivity contribution >= 4 is 40.6 Å². The molecule has 2 atom stereocenters. The number of nitrogens with zero attached hydrogens (tertiary/aromatic N) is 1. The molecule has 0 saturated heterocycles. The number of hydrogen-bond acceptors (Lipinski definition) is 5. The first-order chi connectivity index (χ1) is 16.1. The van der Waals surface area contributed by atoms with Crippen LogP contribution in [-0.2, 0) is 6.61 Å². The lowest BCUT2D eigenvalue weighted by molar-refractivity contribution is 0.0911. The van der Waals surface area contributed by atoms with E-state index in [1.165, 1.54) is 11.3 Å². The van der Waals surface area contributed by atoms with Gasteiger partial charge in [0.05, 0.1) is 6.04 Å². The van der Waals surface area contributed by atoms with Gasteiger partial charge in [-0.05, 0) is 49.2 Å². The Morgan fingerprint density at radius 2 is 1.70 bits per heavy atom. The summed E-state index contributed by atoms with van der Waals surface area (Å²) >= 11 is 7.26. The molecule has 1 fully saturated rings. The minimum Gasteiger partial charge on any atom is -0.486 e. The van der Waals surface area contributed by atoms with E-state index in [0.29, 0.717) is 21.5 Å². The normalized spacial score (nSPS) is 17.7. The first-order valence-electron chi connectivity index (χ1n) is 10.8. The van der Waals surface area contributed by atoms with Gasteiger partial charge in [0.15, 0.2) is 0 Å². The number of aromatic nitrogens is 1. The van der Waals surface area contributed by atoms with Crippen LogP contribution in [0.2, 0.25) is 5.02 Å². The van der Waals surface area contributed by atoms with E-state index in [1.54, 1.807) is 29.6 Å². The Kier molecular flexibility index (Phi) is 7.80. The molecule has 1 aliphatic carbocycles. The number of urea groups is 1. The minimum absolute atomic E-state index is 0.141. The SMILES string of the molecule is O=C(Nc1ccccc1)N[C@H]1CCCC[C@@H]1NC(=O)c1csc(COc2ccc(Cl)cc2)n1. The van der Waals surface area contributed by atoms with Crippen LogP contribution in [0.1, 0.15) is 41.2 Å². The van der Waals surface area contributed by atoms with Gasteiger partial charge in [0.25, 0.3) is 5.91 Å². The standard InChI is InChI=1S/C24H25ClN4O3S/c25-16-10-12-18(13-11-16)32-14-22-27-21(15-33-22)23(30)28-19-8-4-5-9-20(19)29-24(31)26-17-6-2-1-3-7-17/h1-3,6-7,10-13,15,19-20H,4-5,8-9,14H2,(H,28,30)(H2,26,29,31)/t19-,20-/m0/s1. The van der Waals surface area contributed by atoms with Gasteiger partial charge in [0.1, 0.15) is 23.1 Å². The molecule has 0 aliphatic heterocycles. The molecule has 33 heavy (non-hydrogen) atoms. The van der Waals surface area contributed by atoms with Gasteiger partial charge in [-0.2, -0.15) is 0 Å². The minimum atomic E-state index is -0.275. The van der Waals surface area contributed by atoms with E-state index in [2.05, 4.69) is 20.9 Å². The largest absolute Gasteiger partial charge is 0.486 e. The molecule has 3 N–H and O–H groups in total. The van der Waals surface area contributed by atoms with Crippen molar-refractivity contribution in [3.63, 3.8) is 0 Å². The van der Waals surface area contributed by atoms with Crippen LogP contribution in [0.3, 0.4) is 0 Å². The number of nitrogens with one attached hydrogen (secondary N) is 3. The summed E-state index contributed by atoms with van der Waals surface area (Å²) in [5, 5.41) is 12.0. The third kappa shape index (κ3) is 6.69. The van der Waals surface area contributed by atoms with Crippen molar-refractivity contribution in [1.29, 1.82) is 0 Å². The van der Waals surface area contributed by atoms with Gasteiger partial charge in [-0.1, -0.05) is 42.6 Å². The van der Waals surface area contributed by atoms with Gasteiger partial charge >= 0.3 is 6.03 Å². The zero-order chi connectivity index (χ0) is 23.0. The van der Waals surface area contributed by atoms with Gasteiger partial charge < -0.3 is 20.7 Å². The molecule has 172 valence electrons. The number of carbonyl (C=O) groups excluding carboxylic acids is 2. The number of anilines is 1. The highest BCUT2D eigenvalue weighted by Gasteiger charge is 2.28. The average Bonchev–Trinajstić information content (AvgIpc) is 3.30. The van der Waals surface area contributed by atoms with Crippen molar-refractivity contribution in [1.82, 2.24) is 15.6 Å². The maximum atomic E-state index is 12.8. The van der Waals surface area contributed by atoms with Crippen LogP contribution >= 0.6 is 22.9 Å². The van der Waals surface area contributed by atoms with Gasteiger partial charge in [-0.3, -0.25) is 4.79 Å². The number of ether oxygens (including phenoxy) is 1.